The first kappa shape index (κ1) is 14.2. The molecule has 0 N–H and O–H groups in total. The van der Waals surface area contributed by atoms with Gasteiger partial charge < -0.3 is 4.90 Å². The van der Waals surface area contributed by atoms with Gasteiger partial charge in [-0.05, 0) is 27.1 Å². The van der Waals surface area contributed by atoms with Gasteiger partial charge in [-0.2, -0.15) is 0 Å². The molecule has 12 heavy (non-hydrogen) atoms. The lowest BCUT2D eigenvalue weighted by atomic mass is 10.0. The molecule has 2 heteroatoms. The van der Waals surface area contributed by atoms with E-state index in [-0.39, 0.29) is 13.3 Å². The standard InChI is InChI=1S/C9H19NO.CH4/c1-8(2)9(11)6-5-7-10(3)4;/h8H,5-7H2,1-4H3;1H4. The van der Waals surface area contributed by atoms with Crippen LogP contribution in [0.5, 0.6) is 0 Å². The lowest BCUT2D eigenvalue weighted by Gasteiger charge is -2.09. The van der Waals surface area contributed by atoms with E-state index in [2.05, 4.69) is 4.90 Å². The molecule has 0 bridgehead atoms. The molecule has 74 valence electrons. The fraction of sp³-hybridized carbons (Fsp3) is 0.900. The van der Waals surface area contributed by atoms with Crippen molar-refractivity contribution in [2.75, 3.05) is 20.6 Å². The summed E-state index contributed by atoms with van der Waals surface area (Å²) in [5, 5.41) is 0. The minimum atomic E-state index is 0. The maximum atomic E-state index is 11.1. The smallest absolute Gasteiger partial charge is 0.135 e. The van der Waals surface area contributed by atoms with Crippen LogP contribution < -0.4 is 0 Å². The summed E-state index contributed by atoms with van der Waals surface area (Å²) in [6.07, 6.45) is 1.72. The Balaban J connectivity index is 0. The third-order valence-corrected chi connectivity index (χ3v) is 1.67. The second-order valence-corrected chi connectivity index (χ2v) is 3.53. The summed E-state index contributed by atoms with van der Waals surface area (Å²) in [6, 6.07) is 0. The Kier molecular flexibility index (Phi) is 8.61. The SMILES string of the molecule is C.CC(C)C(=O)CCCN(C)C. The fourth-order valence-electron chi connectivity index (χ4n) is 0.858. The number of ketones is 1. The van der Waals surface area contributed by atoms with Crippen LogP contribution in [0, 0.1) is 5.92 Å². The van der Waals surface area contributed by atoms with E-state index in [9.17, 15) is 4.79 Å². The molecule has 0 aliphatic carbocycles. The highest BCUT2D eigenvalue weighted by molar-refractivity contribution is 5.80. The van der Waals surface area contributed by atoms with E-state index in [1.165, 1.54) is 0 Å². The van der Waals surface area contributed by atoms with Crippen LogP contribution in [0.2, 0.25) is 0 Å². The number of nitrogens with zero attached hydrogens (tertiary/aromatic N) is 1. The molecule has 2 nitrogen and oxygen atoms in total. The van der Waals surface area contributed by atoms with Crippen LogP contribution in [0.25, 0.3) is 0 Å². The van der Waals surface area contributed by atoms with Crippen molar-refractivity contribution in [3.8, 4) is 0 Å². The monoisotopic (exact) mass is 173 g/mol. The van der Waals surface area contributed by atoms with E-state index in [0.717, 1.165) is 19.4 Å². The molecular formula is C10H23NO. The van der Waals surface area contributed by atoms with Crippen molar-refractivity contribution in [3.05, 3.63) is 0 Å². The second kappa shape index (κ2) is 7.29. The number of Topliss-reactive ketones (excluding diaryl/α,β-unsaturated/α-hetero) is 1. The van der Waals surface area contributed by atoms with Crippen molar-refractivity contribution in [1.29, 1.82) is 0 Å². The Morgan fingerprint density at radius 3 is 2.17 bits per heavy atom. The van der Waals surface area contributed by atoms with Gasteiger partial charge in [0, 0.05) is 12.3 Å². The summed E-state index contributed by atoms with van der Waals surface area (Å²) in [7, 11) is 4.06. The van der Waals surface area contributed by atoms with Crippen molar-refractivity contribution in [1.82, 2.24) is 4.90 Å². The Morgan fingerprint density at radius 1 is 1.33 bits per heavy atom. The zero-order valence-electron chi connectivity index (χ0n) is 8.05. The van der Waals surface area contributed by atoms with Crippen LogP contribution in [-0.4, -0.2) is 31.3 Å². The van der Waals surface area contributed by atoms with Gasteiger partial charge in [0.1, 0.15) is 5.78 Å². The molecule has 0 unspecified atom stereocenters. The van der Waals surface area contributed by atoms with Gasteiger partial charge in [0.15, 0.2) is 0 Å². The predicted octanol–water partition coefficient (Wildman–Crippen LogP) is 2.19. The third kappa shape index (κ3) is 7.73. The average molecular weight is 173 g/mol. The Bertz CT molecular complexity index is 119. The molecule has 0 saturated carbocycles. The highest BCUT2D eigenvalue weighted by atomic mass is 16.1. The van der Waals surface area contributed by atoms with E-state index in [0.29, 0.717) is 5.78 Å². The lowest BCUT2D eigenvalue weighted by Crippen LogP contribution is -2.15. The summed E-state index contributed by atoms with van der Waals surface area (Å²) in [4.78, 5) is 13.2. The number of carbonyl (C=O) groups excluding carboxylic acids is 1. The Morgan fingerprint density at radius 2 is 1.83 bits per heavy atom. The predicted molar refractivity (Wildman–Crippen MR) is 54.4 cm³/mol. The molecule has 0 spiro atoms. The highest BCUT2D eigenvalue weighted by Crippen LogP contribution is 2.01. The largest absolute Gasteiger partial charge is 0.309 e. The summed E-state index contributed by atoms with van der Waals surface area (Å²) < 4.78 is 0. The Hall–Kier alpha value is -0.370. The molecule has 0 rings (SSSR count). The van der Waals surface area contributed by atoms with Crippen LogP contribution in [0.1, 0.15) is 34.1 Å². The molecule has 0 saturated heterocycles. The summed E-state index contributed by atoms with van der Waals surface area (Å²) in [6.45, 7) is 4.93. The van der Waals surface area contributed by atoms with E-state index in [1.54, 1.807) is 0 Å². The molecule has 0 atom stereocenters. The van der Waals surface area contributed by atoms with Crippen LogP contribution in [-0.2, 0) is 4.79 Å². The van der Waals surface area contributed by atoms with E-state index >= 15 is 0 Å². The first-order valence-corrected chi connectivity index (χ1v) is 4.21. The quantitative estimate of drug-likeness (QED) is 0.635. The molecule has 0 fully saturated rings. The third-order valence-electron chi connectivity index (χ3n) is 1.67. The maximum Gasteiger partial charge on any atom is 0.135 e. The van der Waals surface area contributed by atoms with Crippen LogP contribution in [0.15, 0.2) is 0 Å². The number of rotatable bonds is 5. The van der Waals surface area contributed by atoms with Gasteiger partial charge in [0.05, 0.1) is 0 Å². The normalized spacial score (nSPS) is 10.2. The van der Waals surface area contributed by atoms with E-state index < -0.39 is 0 Å². The van der Waals surface area contributed by atoms with Gasteiger partial charge in [-0.1, -0.05) is 21.3 Å². The zero-order valence-corrected chi connectivity index (χ0v) is 8.05. The van der Waals surface area contributed by atoms with Crippen molar-refractivity contribution in [2.45, 2.75) is 34.1 Å². The molecule has 0 radical (unpaired) electrons. The molecule has 0 aromatic rings. The summed E-state index contributed by atoms with van der Waals surface area (Å²) in [5.74, 6) is 0.587. The molecule has 0 aliphatic rings. The first-order chi connectivity index (χ1) is 5.04. The molecule has 0 aromatic heterocycles. The van der Waals surface area contributed by atoms with Gasteiger partial charge in [-0.3, -0.25) is 4.79 Å². The van der Waals surface area contributed by atoms with E-state index in [4.69, 9.17) is 0 Å². The summed E-state index contributed by atoms with van der Waals surface area (Å²) >= 11 is 0. The first-order valence-electron chi connectivity index (χ1n) is 4.21. The minimum absolute atomic E-state index is 0. The maximum absolute atomic E-state index is 11.1. The topological polar surface area (TPSA) is 20.3 Å². The number of hydrogen-bond acceptors (Lipinski definition) is 2. The van der Waals surface area contributed by atoms with Gasteiger partial charge in [-0.25, -0.2) is 0 Å². The van der Waals surface area contributed by atoms with Gasteiger partial charge in [-0.15, -0.1) is 0 Å². The lowest BCUT2D eigenvalue weighted by molar-refractivity contribution is -0.122. The molecule has 0 heterocycles. The molecule has 0 aromatic carbocycles. The number of hydrogen-bond donors (Lipinski definition) is 0. The summed E-state index contributed by atoms with van der Waals surface area (Å²) in [5.41, 5.74) is 0. The van der Waals surface area contributed by atoms with Gasteiger partial charge in [0.25, 0.3) is 0 Å². The van der Waals surface area contributed by atoms with Crippen LogP contribution in [0.4, 0.5) is 0 Å². The van der Waals surface area contributed by atoms with Crippen LogP contribution in [0.3, 0.4) is 0 Å². The van der Waals surface area contributed by atoms with Gasteiger partial charge >= 0.3 is 0 Å². The average Bonchev–Trinajstić information content (AvgIpc) is 1.86. The molecule has 0 aliphatic heterocycles. The minimum Gasteiger partial charge on any atom is -0.309 e. The van der Waals surface area contributed by atoms with Crippen molar-refractivity contribution < 1.29 is 4.79 Å². The van der Waals surface area contributed by atoms with Crippen LogP contribution >= 0.6 is 0 Å². The van der Waals surface area contributed by atoms with Crippen molar-refractivity contribution in [3.63, 3.8) is 0 Å². The zero-order chi connectivity index (χ0) is 8.85. The molecule has 0 amide bonds. The van der Waals surface area contributed by atoms with E-state index in [1.807, 2.05) is 27.9 Å². The Labute approximate surface area is 77.0 Å². The van der Waals surface area contributed by atoms with Gasteiger partial charge in [0.2, 0.25) is 0 Å². The second-order valence-electron chi connectivity index (χ2n) is 3.53. The van der Waals surface area contributed by atoms with Crippen molar-refractivity contribution in [2.24, 2.45) is 5.92 Å². The highest BCUT2D eigenvalue weighted by Gasteiger charge is 2.05. The fourth-order valence-corrected chi connectivity index (χ4v) is 0.858. The number of carbonyl (C=O) groups is 1. The molecular weight excluding hydrogens is 150 g/mol. The van der Waals surface area contributed by atoms with Crippen molar-refractivity contribution >= 4 is 5.78 Å².